The second-order valence-electron chi connectivity index (χ2n) is 22.3. The number of hydrogen-bond acceptors (Lipinski definition) is 6. The number of aromatic nitrogens is 7. The van der Waals surface area contributed by atoms with Gasteiger partial charge in [-0.05, 0) is 104 Å². The smallest absolute Gasteiger partial charge is 0.235 e. The van der Waals surface area contributed by atoms with E-state index in [9.17, 15) is 0 Å². The van der Waals surface area contributed by atoms with Gasteiger partial charge in [0.2, 0.25) is 17.8 Å². The third-order valence-corrected chi connectivity index (χ3v) is 17.4. The highest BCUT2D eigenvalue weighted by atomic mass is 16.3. The van der Waals surface area contributed by atoms with E-state index in [0.717, 1.165) is 121 Å². The average Bonchev–Trinajstić information content (AvgIpc) is 1.81. The van der Waals surface area contributed by atoms with Crippen LogP contribution in [0.15, 0.2) is 290 Å². The Hall–Kier alpha value is -11.9. The Morgan fingerprint density at radius 2 is 0.724 bits per heavy atom. The molecule has 0 aliphatic heterocycles. The average molecular weight is 1110 g/mol. The number of hydrogen-bond donors (Lipinski definition) is 0. The minimum absolute atomic E-state index is 0.551. The summed E-state index contributed by atoms with van der Waals surface area (Å²) in [4.78, 5) is 27.1. The van der Waals surface area contributed by atoms with Crippen molar-refractivity contribution < 1.29 is 4.42 Å². The standard InChI is InChI=1S/C79H47N7O/c1-2-19-54(20-3-1)77-80-69-47-72-66(46-73(69)87-77)65-45-55(43-44-71(65)85(72)78-81-67-32-11-8-26-63(67)74(83-78)52-39-35-50(36-40-52)58-28-14-21-48-17-4-6-23-56(48)58)60-30-16-31-62-61-25-10-13-34-70(61)86(76(60)62)79-82-68-33-12-9-27-64(68)75(84-79)53-41-37-51(38-42-53)59-29-15-22-49-18-5-7-24-57(49)59/h1-47H. The number of nitrogens with zero attached hydrogens (tertiary/aromatic N) is 7. The molecule has 0 unspecified atom stereocenters. The fraction of sp³-hybridized carbons (Fsp3) is 0. The Labute approximate surface area is 498 Å². The minimum Gasteiger partial charge on any atom is -0.436 e. The number of fused-ring (bicyclic) bond motifs is 11. The first-order valence-corrected chi connectivity index (χ1v) is 29.3. The quantitative estimate of drug-likeness (QED) is 0.151. The lowest BCUT2D eigenvalue weighted by Crippen LogP contribution is -2.04. The van der Waals surface area contributed by atoms with Crippen LogP contribution in [0.2, 0.25) is 0 Å². The van der Waals surface area contributed by atoms with E-state index >= 15 is 0 Å². The van der Waals surface area contributed by atoms with Gasteiger partial charge in [0.05, 0.1) is 44.5 Å². The summed E-state index contributed by atoms with van der Waals surface area (Å²) in [7, 11) is 0. The van der Waals surface area contributed by atoms with Crippen molar-refractivity contribution in [1.29, 1.82) is 0 Å². The molecule has 5 aromatic heterocycles. The molecule has 0 amide bonds. The van der Waals surface area contributed by atoms with Crippen LogP contribution in [0.4, 0.5) is 0 Å². The van der Waals surface area contributed by atoms with Crippen molar-refractivity contribution in [1.82, 2.24) is 34.1 Å². The van der Waals surface area contributed by atoms with E-state index in [1.807, 2.05) is 36.4 Å². The van der Waals surface area contributed by atoms with Gasteiger partial charge < -0.3 is 4.42 Å². The van der Waals surface area contributed by atoms with E-state index < -0.39 is 0 Å². The lowest BCUT2D eigenvalue weighted by atomic mass is 9.96. The molecule has 0 bridgehead atoms. The highest BCUT2D eigenvalue weighted by Crippen LogP contribution is 2.43. The van der Waals surface area contributed by atoms with Crippen LogP contribution in [0.5, 0.6) is 0 Å². The van der Waals surface area contributed by atoms with Gasteiger partial charge in [-0.2, -0.15) is 0 Å². The first-order valence-electron chi connectivity index (χ1n) is 29.3. The van der Waals surface area contributed by atoms with E-state index in [1.165, 1.54) is 32.7 Å². The Balaban J connectivity index is 0.828. The van der Waals surface area contributed by atoms with Crippen LogP contribution in [-0.2, 0) is 0 Å². The molecule has 0 spiro atoms. The van der Waals surface area contributed by atoms with Crippen LogP contribution in [0.1, 0.15) is 0 Å². The molecule has 0 aliphatic rings. The molecule has 13 aromatic carbocycles. The molecule has 18 aromatic rings. The number of rotatable bonds is 8. The summed E-state index contributed by atoms with van der Waals surface area (Å²) < 4.78 is 11.1. The van der Waals surface area contributed by atoms with E-state index in [-0.39, 0.29) is 0 Å². The maximum atomic E-state index is 6.64. The van der Waals surface area contributed by atoms with Gasteiger partial charge in [-0.3, -0.25) is 9.13 Å². The molecule has 18 rings (SSSR count). The second-order valence-corrected chi connectivity index (χ2v) is 22.3. The zero-order chi connectivity index (χ0) is 57.1. The lowest BCUT2D eigenvalue weighted by molar-refractivity contribution is 0.620. The zero-order valence-corrected chi connectivity index (χ0v) is 46.7. The predicted molar refractivity (Wildman–Crippen MR) is 357 cm³/mol. The van der Waals surface area contributed by atoms with Crippen molar-refractivity contribution in [2.75, 3.05) is 0 Å². The Morgan fingerprint density at radius 3 is 1.37 bits per heavy atom. The fourth-order valence-corrected chi connectivity index (χ4v) is 13.3. The van der Waals surface area contributed by atoms with E-state index in [1.54, 1.807) is 0 Å². The summed E-state index contributed by atoms with van der Waals surface area (Å²) >= 11 is 0. The van der Waals surface area contributed by atoms with Gasteiger partial charge in [0.1, 0.15) is 5.52 Å². The zero-order valence-electron chi connectivity index (χ0n) is 46.7. The molecule has 0 radical (unpaired) electrons. The lowest BCUT2D eigenvalue weighted by Gasteiger charge is -2.14. The molecule has 0 N–H and O–H groups in total. The van der Waals surface area contributed by atoms with Crippen molar-refractivity contribution in [2.45, 2.75) is 0 Å². The van der Waals surface area contributed by atoms with Crippen molar-refractivity contribution >= 4 is 98.1 Å². The van der Waals surface area contributed by atoms with Gasteiger partial charge in [0.25, 0.3) is 0 Å². The third kappa shape index (κ3) is 7.82. The SMILES string of the molecule is c1ccc(-c2nc3cc4c(cc3o2)c2cc(-c3cccc5c6ccccc6n(-c6nc(-c7ccc(-c8cccc9ccccc89)cc7)c7ccccc7n6)c35)ccc2n4-c2nc(-c3ccc(-c4cccc5ccccc45)cc3)c3ccccc3n2)cc1. The van der Waals surface area contributed by atoms with E-state index in [2.05, 4.69) is 258 Å². The molecule has 0 aliphatic carbocycles. The van der Waals surface area contributed by atoms with Crippen LogP contribution < -0.4 is 0 Å². The molecule has 8 heteroatoms. The maximum Gasteiger partial charge on any atom is 0.235 e. The van der Waals surface area contributed by atoms with Crippen LogP contribution in [0.25, 0.3) is 177 Å². The highest BCUT2D eigenvalue weighted by Gasteiger charge is 2.24. The van der Waals surface area contributed by atoms with Crippen LogP contribution in [-0.4, -0.2) is 34.1 Å². The Kier molecular flexibility index (Phi) is 10.8. The van der Waals surface area contributed by atoms with Gasteiger partial charge in [-0.15, -0.1) is 0 Å². The van der Waals surface area contributed by atoms with Crippen molar-refractivity contribution in [3.8, 4) is 79.2 Å². The molecular weight excluding hydrogens is 1060 g/mol. The third-order valence-electron chi connectivity index (χ3n) is 17.4. The summed E-state index contributed by atoms with van der Waals surface area (Å²) in [6, 6.07) is 101. The second kappa shape index (κ2) is 19.4. The summed E-state index contributed by atoms with van der Waals surface area (Å²) in [5.74, 6) is 1.70. The van der Waals surface area contributed by atoms with Gasteiger partial charge in [-0.25, -0.2) is 24.9 Å². The molecule has 8 nitrogen and oxygen atoms in total. The van der Waals surface area contributed by atoms with Crippen molar-refractivity contribution in [3.63, 3.8) is 0 Å². The van der Waals surface area contributed by atoms with Gasteiger partial charge in [0, 0.05) is 54.6 Å². The molecule has 0 saturated heterocycles. The molecule has 5 heterocycles. The summed E-state index contributed by atoms with van der Waals surface area (Å²) in [6.45, 7) is 0. The molecule has 404 valence electrons. The van der Waals surface area contributed by atoms with Crippen molar-refractivity contribution in [3.05, 3.63) is 285 Å². The van der Waals surface area contributed by atoms with Crippen LogP contribution in [0, 0.1) is 0 Å². The molecule has 0 atom stereocenters. The molecular formula is C79H47N7O. The van der Waals surface area contributed by atoms with E-state index in [4.69, 9.17) is 29.3 Å². The van der Waals surface area contributed by atoms with Crippen LogP contribution in [0.3, 0.4) is 0 Å². The first-order chi connectivity index (χ1) is 43.1. The Bertz CT molecular complexity index is 5810. The predicted octanol–water partition coefficient (Wildman–Crippen LogP) is 20.2. The minimum atomic E-state index is 0.551. The number of oxazole rings is 1. The largest absolute Gasteiger partial charge is 0.436 e. The number of para-hydroxylation sites is 4. The Morgan fingerprint density at radius 1 is 0.253 bits per heavy atom. The topological polar surface area (TPSA) is 87.5 Å². The summed E-state index contributed by atoms with van der Waals surface area (Å²) in [6.07, 6.45) is 0. The van der Waals surface area contributed by atoms with Gasteiger partial charge >= 0.3 is 0 Å². The molecule has 0 fully saturated rings. The van der Waals surface area contributed by atoms with Gasteiger partial charge in [-0.1, -0.05) is 231 Å². The molecule has 0 saturated carbocycles. The van der Waals surface area contributed by atoms with Crippen molar-refractivity contribution in [2.24, 2.45) is 0 Å². The monoisotopic (exact) mass is 1110 g/mol. The van der Waals surface area contributed by atoms with Gasteiger partial charge in [0.15, 0.2) is 5.58 Å². The first kappa shape index (κ1) is 48.6. The van der Waals surface area contributed by atoms with E-state index in [0.29, 0.717) is 23.4 Å². The normalized spacial score (nSPS) is 11.9. The summed E-state index contributed by atoms with van der Waals surface area (Å²) in [5.41, 5.74) is 18.4. The molecule has 87 heavy (non-hydrogen) atoms. The maximum absolute atomic E-state index is 6.64. The fourth-order valence-electron chi connectivity index (χ4n) is 13.3. The summed E-state index contributed by atoms with van der Waals surface area (Å²) in [5, 5.41) is 11.0. The number of benzene rings is 13. The highest BCUT2D eigenvalue weighted by molar-refractivity contribution is 6.17. The van der Waals surface area contributed by atoms with Crippen LogP contribution >= 0.6 is 0 Å².